The first-order valence-corrected chi connectivity index (χ1v) is 13.3. The normalized spacial score (nSPS) is 18.9. The van der Waals surface area contributed by atoms with E-state index in [1.807, 2.05) is 36.4 Å². The average molecular weight is 471 g/mol. The molecule has 2 unspecified atom stereocenters. The maximum absolute atomic E-state index is 10.2. The van der Waals surface area contributed by atoms with Crippen LogP contribution in [0.3, 0.4) is 0 Å². The van der Waals surface area contributed by atoms with Crippen molar-refractivity contribution in [3.8, 4) is 12.1 Å². The summed E-state index contributed by atoms with van der Waals surface area (Å²) >= 11 is 0. The molecule has 2 aromatic carbocycles. The summed E-state index contributed by atoms with van der Waals surface area (Å²) in [4.78, 5) is 5.07. The molecule has 3 rings (SSSR count). The van der Waals surface area contributed by atoms with E-state index in [-0.39, 0.29) is 11.8 Å². The quantitative estimate of drug-likeness (QED) is 0.427. The zero-order valence-electron chi connectivity index (χ0n) is 22.1. The maximum Gasteiger partial charge on any atom is 0.0857 e. The summed E-state index contributed by atoms with van der Waals surface area (Å²) in [7, 11) is 0. The Hall–Kier alpha value is -2.66. The molecule has 0 radical (unpaired) electrons. The van der Waals surface area contributed by atoms with Crippen molar-refractivity contribution in [1.29, 1.82) is 10.5 Å². The Kier molecular flexibility index (Phi) is 9.50. The monoisotopic (exact) mass is 470 g/mol. The second-order valence-electron chi connectivity index (χ2n) is 10.7. The van der Waals surface area contributed by atoms with Crippen molar-refractivity contribution in [2.45, 2.75) is 57.8 Å². The maximum atomic E-state index is 10.2. The molecule has 0 bridgehead atoms. The van der Waals surface area contributed by atoms with Gasteiger partial charge in [-0.2, -0.15) is 10.5 Å². The molecule has 2 aromatic rings. The van der Waals surface area contributed by atoms with Crippen molar-refractivity contribution >= 4 is 0 Å². The molecule has 4 heteroatoms. The first-order valence-electron chi connectivity index (χ1n) is 13.3. The van der Waals surface area contributed by atoms with Crippen LogP contribution in [-0.4, -0.2) is 49.1 Å². The lowest BCUT2D eigenvalue weighted by Gasteiger charge is -2.34. The molecule has 186 valence electrons. The van der Waals surface area contributed by atoms with Crippen molar-refractivity contribution in [2.24, 2.45) is 11.8 Å². The lowest BCUT2D eigenvalue weighted by molar-refractivity contribution is 0.219. The van der Waals surface area contributed by atoms with Crippen molar-refractivity contribution < 1.29 is 0 Å². The molecule has 0 saturated carbocycles. The molecule has 0 spiro atoms. The van der Waals surface area contributed by atoms with E-state index in [0.29, 0.717) is 0 Å². The number of rotatable bonds is 10. The zero-order chi connectivity index (χ0) is 25.3. The van der Waals surface area contributed by atoms with Crippen LogP contribution in [0.1, 0.15) is 58.1 Å². The first-order chi connectivity index (χ1) is 16.9. The van der Waals surface area contributed by atoms with Gasteiger partial charge in [-0.25, -0.2) is 0 Å². The Bertz CT molecular complexity index is 907. The van der Waals surface area contributed by atoms with Gasteiger partial charge in [0.25, 0.3) is 0 Å². The van der Waals surface area contributed by atoms with Crippen LogP contribution in [0, 0.1) is 34.5 Å². The fraction of sp³-hybridized carbons (Fsp3) is 0.548. The van der Waals surface area contributed by atoms with E-state index in [0.717, 1.165) is 69.7 Å². The van der Waals surface area contributed by atoms with Gasteiger partial charge in [0.2, 0.25) is 0 Å². The number of nitriles is 2. The molecule has 4 nitrogen and oxygen atoms in total. The molecule has 1 fully saturated rings. The third-order valence-electron chi connectivity index (χ3n) is 8.27. The van der Waals surface area contributed by atoms with Gasteiger partial charge in [0.1, 0.15) is 0 Å². The molecule has 0 aliphatic carbocycles. The van der Waals surface area contributed by atoms with Crippen molar-refractivity contribution in [1.82, 2.24) is 9.80 Å². The van der Waals surface area contributed by atoms with Gasteiger partial charge in [0.05, 0.1) is 23.0 Å². The smallest absolute Gasteiger partial charge is 0.0857 e. The summed E-state index contributed by atoms with van der Waals surface area (Å²) in [5.41, 5.74) is 1.37. The van der Waals surface area contributed by atoms with Gasteiger partial charge in [0, 0.05) is 26.2 Å². The molecule has 0 aromatic heterocycles. The van der Waals surface area contributed by atoms with E-state index < -0.39 is 10.8 Å². The Morgan fingerprint density at radius 2 is 1.03 bits per heavy atom. The summed E-state index contributed by atoms with van der Waals surface area (Å²) in [6.45, 7) is 14.7. The van der Waals surface area contributed by atoms with Crippen molar-refractivity contribution in [3.05, 3.63) is 71.8 Å². The van der Waals surface area contributed by atoms with Gasteiger partial charge < -0.3 is 9.80 Å². The summed E-state index contributed by atoms with van der Waals surface area (Å²) in [6, 6.07) is 26.0. The van der Waals surface area contributed by atoms with Crippen LogP contribution < -0.4 is 0 Å². The number of hydrogen-bond donors (Lipinski definition) is 0. The van der Waals surface area contributed by atoms with Crippen LogP contribution in [0.4, 0.5) is 0 Å². The minimum absolute atomic E-state index is 0.256. The van der Waals surface area contributed by atoms with E-state index in [4.69, 9.17) is 0 Å². The van der Waals surface area contributed by atoms with E-state index in [2.05, 4.69) is 73.9 Å². The molecule has 0 N–H and O–H groups in total. The number of hydrogen-bond acceptors (Lipinski definition) is 4. The highest BCUT2D eigenvalue weighted by Gasteiger charge is 2.37. The van der Waals surface area contributed by atoms with E-state index in [9.17, 15) is 10.5 Å². The Labute approximate surface area is 213 Å². The Morgan fingerprint density at radius 3 is 1.34 bits per heavy atom. The highest BCUT2D eigenvalue weighted by Crippen LogP contribution is 2.37. The summed E-state index contributed by atoms with van der Waals surface area (Å²) in [5.74, 6) is 0.512. The van der Waals surface area contributed by atoms with E-state index in [1.54, 1.807) is 0 Å². The average Bonchev–Trinajstić information content (AvgIpc) is 3.11. The minimum Gasteiger partial charge on any atom is -0.302 e. The van der Waals surface area contributed by atoms with Gasteiger partial charge in [-0.3, -0.25) is 0 Å². The van der Waals surface area contributed by atoms with Gasteiger partial charge in [0.15, 0.2) is 0 Å². The molecule has 0 amide bonds. The fourth-order valence-electron chi connectivity index (χ4n) is 5.64. The second kappa shape index (κ2) is 12.3. The molecule has 1 saturated heterocycles. The van der Waals surface area contributed by atoms with Crippen molar-refractivity contribution in [2.75, 3.05) is 39.3 Å². The van der Waals surface area contributed by atoms with Gasteiger partial charge >= 0.3 is 0 Å². The predicted octanol–water partition coefficient (Wildman–Crippen LogP) is 6.01. The first kappa shape index (κ1) is 26.9. The molecule has 1 heterocycles. The summed E-state index contributed by atoms with van der Waals surface area (Å²) < 4.78 is 0. The SMILES string of the molecule is CC(C)C(C#N)(CCN1CCCN(CCC(C#N)(c2ccccc2)C(C)C)CC1)c1ccccc1. The van der Waals surface area contributed by atoms with Crippen LogP contribution in [-0.2, 0) is 10.8 Å². The molecule has 1 aliphatic rings. The highest BCUT2D eigenvalue weighted by atomic mass is 15.2. The molecular formula is C31H42N4. The van der Waals surface area contributed by atoms with E-state index >= 15 is 0 Å². The second-order valence-corrected chi connectivity index (χ2v) is 10.7. The van der Waals surface area contributed by atoms with Crippen LogP contribution in [0.25, 0.3) is 0 Å². The third-order valence-corrected chi connectivity index (χ3v) is 8.27. The molecular weight excluding hydrogens is 428 g/mol. The van der Waals surface area contributed by atoms with Gasteiger partial charge in [-0.05, 0) is 55.3 Å². The van der Waals surface area contributed by atoms with Crippen LogP contribution in [0.15, 0.2) is 60.7 Å². The number of nitrogens with zero attached hydrogens (tertiary/aromatic N) is 4. The lowest BCUT2D eigenvalue weighted by Crippen LogP contribution is -2.39. The van der Waals surface area contributed by atoms with Gasteiger partial charge in [-0.15, -0.1) is 0 Å². The summed E-state index contributed by atoms with van der Waals surface area (Å²) in [6.07, 6.45) is 2.83. The predicted molar refractivity (Wildman–Crippen MR) is 144 cm³/mol. The standard InChI is InChI=1S/C31H42N4/c1-26(2)30(24-32,28-12-7-5-8-13-28)16-20-34-18-11-19-35(23-22-34)21-17-31(25-33,27(3)4)29-14-9-6-10-15-29/h5-10,12-15,26-27H,11,16-23H2,1-4H3. The molecule has 2 atom stereocenters. The van der Waals surface area contributed by atoms with Crippen LogP contribution in [0.5, 0.6) is 0 Å². The Balaban J connectivity index is 1.61. The highest BCUT2D eigenvalue weighted by molar-refractivity contribution is 5.34. The fourth-order valence-corrected chi connectivity index (χ4v) is 5.64. The van der Waals surface area contributed by atoms with Crippen LogP contribution in [0.2, 0.25) is 0 Å². The minimum atomic E-state index is -0.452. The van der Waals surface area contributed by atoms with Crippen LogP contribution >= 0.6 is 0 Å². The van der Waals surface area contributed by atoms with E-state index in [1.165, 1.54) is 0 Å². The Morgan fingerprint density at radius 1 is 0.657 bits per heavy atom. The molecule has 35 heavy (non-hydrogen) atoms. The molecule has 1 aliphatic heterocycles. The zero-order valence-corrected chi connectivity index (χ0v) is 22.1. The lowest BCUT2D eigenvalue weighted by atomic mass is 9.70. The third kappa shape index (κ3) is 6.13. The van der Waals surface area contributed by atoms with Gasteiger partial charge in [-0.1, -0.05) is 88.4 Å². The van der Waals surface area contributed by atoms with Crippen molar-refractivity contribution in [3.63, 3.8) is 0 Å². The number of benzene rings is 2. The topological polar surface area (TPSA) is 54.1 Å². The summed E-state index contributed by atoms with van der Waals surface area (Å²) in [5, 5.41) is 20.5. The largest absolute Gasteiger partial charge is 0.302 e.